The zero-order chi connectivity index (χ0) is 17.3. The monoisotopic (exact) mass is 342 g/mol. The topological polar surface area (TPSA) is 64.4 Å². The van der Waals surface area contributed by atoms with E-state index in [9.17, 15) is 4.79 Å². The van der Waals surface area contributed by atoms with E-state index in [0.717, 1.165) is 33.2 Å². The third-order valence-corrected chi connectivity index (χ3v) is 4.57. The van der Waals surface area contributed by atoms with Gasteiger partial charge in [0, 0.05) is 34.2 Å². The molecular formula is C18H18N2O3S. The molecule has 0 bridgehead atoms. The summed E-state index contributed by atoms with van der Waals surface area (Å²) in [6.07, 6.45) is 4.94. The largest absolute Gasteiger partial charge is 0.496 e. The predicted molar refractivity (Wildman–Crippen MR) is 96.6 cm³/mol. The number of aryl methyl sites for hydroxylation is 2. The van der Waals surface area contributed by atoms with E-state index in [1.54, 1.807) is 25.6 Å². The molecule has 0 aliphatic rings. The number of nitrogens with zero attached hydrogens (tertiary/aromatic N) is 1. The molecule has 2 heterocycles. The summed E-state index contributed by atoms with van der Waals surface area (Å²) in [6, 6.07) is 2.00. The molecule has 6 heteroatoms. The molecule has 0 radical (unpaired) electrons. The van der Waals surface area contributed by atoms with Gasteiger partial charge in [0.1, 0.15) is 11.3 Å². The first-order valence-corrected chi connectivity index (χ1v) is 8.33. The zero-order valence-corrected chi connectivity index (χ0v) is 14.8. The molecule has 5 nitrogen and oxygen atoms in total. The molecule has 0 saturated heterocycles. The van der Waals surface area contributed by atoms with Crippen LogP contribution in [0.15, 0.2) is 34.4 Å². The zero-order valence-electron chi connectivity index (χ0n) is 14.0. The van der Waals surface area contributed by atoms with Crippen molar-refractivity contribution in [3.05, 3.63) is 46.7 Å². The summed E-state index contributed by atoms with van der Waals surface area (Å²) in [6.45, 7) is 5.84. The Labute approximate surface area is 144 Å². The van der Waals surface area contributed by atoms with Crippen LogP contribution in [-0.2, 0) is 4.79 Å². The summed E-state index contributed by atoms with van der Waals surface area (Å²) in [5.74, 6) is 0.499. The molecule has 1 amide bonds. The minimum atomic E-state index is -0.217. The van der Waals surface area contributed by atoms with Gasteiger partial charge >= 0.3 is 0 Å². The van der Waals surface area contributed by atoms with Crippen LogP contribution < -0.4 is 10.1 Å². The number of allylic oxidation sites excluding steroid dienone is 1. The Kier molecular flexibility index (Phi) is 4.40. The second kappa shape index (κ2) is 6.49. The van der Waals surface area contributed by atoms with E-state index in [4.69, 9.17) is 9.15 Å². The smallest absolute Gasteiger partial charge is 0.250 e. The summed E-state index contributed by atoms with van der Waals surface area (Å²) in [5.41, 5.74) is 4.48. The number of hydrogen-bond donors (Lipinski definition) is 1. The Morgan fingerprint density at radius 2 is 2.21 bits per heavy atom. The van der Waals surface area contributed by atoms with Crippen LogP contribution in [0.25, 0.3) is 16.5 Å². The normalized spacial score (nSPS) is 11.8. The Bertz CT molecular complexity index is 924. The number of rotatable bonds is 4. The number of aromatic nitrogens is 1. The first kappa shape index (κ1) is 16.3. The molecule has 0 aliphatic carbocycles. The molecule has 0 saturated carbocycles. The lowest BCUT2D eigenvalue weighted by molar-refractivity contribution is -0.111. The van der Waals surface area contributed by atoms with Gasteiger partial charge in [-0.2, -0.15) is 0 Å². The van der Waals surface area contributed by atoms with E-state index in [-0.39, 0.29) is 5.91 Å². The van der Waals surface area contributed by atoms with Crippen molar-refractivity contribution in [2.75, 3.05) is 12.4 Å². The van der Waals surface area contributed by atoms with Crippen molar-refractivity contribution in [3.63, 3.8) is 0 Å². The van der Waals surface area contributed by atoms with Crippen molar-refractivity contribution < 1.29 is 13.9 Å². The number of anilines is 1. The van der Waals surface area contributed by atoms with Crippen LogP contribution in [0.3, 0.4) is 0 Å². The molecule has 3 aromatic rings. The fourth-order valence-corrected chi connectivity index (χ4v) is 3.23. The van der Waals surface area contributed by atoms with Crippen LogP contribution in [0.4, 0.5) is 5.13 Å². The quantitative estimate of drug-likeness (QED) is 0.706. The molecule has 1 N–H and O–H groups in total. The molecule has 0 fully saturated rings. The second-order valence-corrected chi connectivity index (χ2v) is 6.43. The number of thiazole rings is 1. The van der Waals surface area contributed by atoms with Gasteiger partial charge in [-0.3, -0.25) is 10.1 Å². The molecule has 0 aliphatic heterocycles. The number of benzene rings is 1. The van der Waals surface area contributed by atoms with Crippen molar-refractivity contribution in [2.45, 2.75) is 20.8 Å². The first-order chi connectivity index (χ1) is 11.5. The van der Waals surface area contributed by atoms with Gasteiger partial charge in [-0.05, 0) is 38.0 Å². The van der Waals surface area contributed by atoms with E-state index >= 15 is 0 Å². The lowest BCUT2D eigenvalue weighted by Crippen LogP contribution is -2.08. The van der Waals surface area contributed by atoms with E-state index in [1.807, 2.05) is 32.2 Å². The number of carbonyl (C=O) groups excluding carboxylic acids is 1. The summed E-state index contributed by atoms with van der Waals surface area (Å²) in [4.78, 5) is 16.2. The van der Waals surface area contributed by atoms with Crippen molar-refractivity contribution >= 4 is 38.9 Å². The maximum Gasteiger partial charge on any atom is 0.250 e. The maximum absolute atomic E-state index is 12.2. The van der Waals surface area contributed by atoms with Gasteiger partial charge in [0.25, 0.3) is 0 Å². The van der Waals surface area contributed by atoms with Gasteiger partial charge in [0.05, 0.1) is 13.4 Å². The Hall–Kier alpha value is -2.60. The molecule has 0 spiro atoms. The van der Waals surface area contributed by atoms with Gasteiger partial charge in [-0.1, -0.05) is 0 Å². The number of carbonyl (C=O) groups is 1. The maximum atomic E-state index is 12.2. The van der Waals surface area contributed by atoms with Crippen molar-refractivity contribution in [3.8, 4) is 5.75 Å². The van der Waals surface area contributed by atoms with Crippen LogP contribution in [0.2, 0.25) is 0 Å². The van der Waals surface area contributed by atoms with E-state index in [1.165, 1.54) is 11.3 Å². The minimum Gasteiger partial charge on any atom is -0.496 e. The molecular weight excluding hydrogens is 324 g/mol. The highest BCUT2D eigenvalue weighted by molar-refractivity contribution is 7.13. The Morgan fingerprint density at radius 1 is 1.42 bits per heavy atom. The van der Waals surface area contributed by atoms with Crippen molar-refractivity contribution in [1.82, 2.24) is 4.98 Å². The number of hydrogen-bond acceptors (Lipinski definition) is 5. The number of nitrogens with one attached hydrogen (secondary N) is 1. The fraction of sp³-hybridized carbons (Fsp3) is 0.222. The van der Waals surface area contributed by atoms with E-state index in [0.29, 0.717) is 10.9 Å². The average molecular weight is 342 g/mol. The Balaban J connectivity index is 2.02. The second-order valence-electron chi connectivity index (χ2n) is 5.53. The number of furan rings is 1. The average Bonchev–Trinajstić information content (AvgIpc) is 3.17. The summed E-state index contributed by atoms with van der Waals surface area (Å²) in [7, 11) is 1.62. The highest BCUT2D eigenvalue weighted by atomic mass is 32.1. The van der Waals surface area contributed by atoms with Gasteiger partial charge in [0.2, 0.25) is 5.91 Å². The van der Waals surface area contributed by atoms with E-state index < -0.39 is 0 Å². The molecule has 0 unspecified atom stereocenters. The number of fused-ring (bicyclic) bond motifs is 1. The molecule has 3 rings (SSSR count). The van der Waals surface area contributed by atoms with Gasteiger partial charge in [-0.25, -0.2) is 4.98 Å². The molecule has 1 aromatic carbocycles. The number of ether oxygens (including phenoxy) is 1. The van der Waals surface area contributed by atoms with Crippen LogP contribution in [-0.4, -0.2) is 18.0 Å². The molecule has 2 aromatic heterocycles. The van der Waals surface area contributed by atoms with Gasteiger partial charge in [-0.15, -0.1) is 11.3 Å². The highest BCUT2D eigenvalue weighted by Gasteiger charge is 2.16. The summed E-state index contributed by atoms with van der Waals surface area (Å²) in [5, 5.41) is 6.17. The van der Waals surface area contributed by atoms with Gasteiger partial charge < -0.3 is 9.15 Å². The first-order valence-electron chi connectivity index (χ1n) is 7.45. The van der Waals surface area contributed by atoms with Crippen molar-refractivity contribution in [1.29, 1.82) is 0 Å². The van der Waals surface area contributed by atoms with E-state index in [2.05, 4.69) is 10.3 Å². The molecule has 0 atom stereocenters. The minimum absolute atomic E-state index is 0.217. The fourth-order valence-electron chi connectivity index (χ4n) is 2.70. The van der Waals surface area contributed by atoms with Crippen LogP contribution >= 0.6 is 11.3 Å². The highest BCUT2D eigenvalue weighted by Crippen LogP contribution is 2.37. The Morgan fingerprint density at radius 3 is 2.88 bits per heavy atom. The third-order valence-electron chi connectivity index (χ3n) is 3.88. The standard InChI is InChI=1S/C18H18N2O3S/c1-10(7-15(21)20-18-19-5-6-24-18)13-8-14-11(2)9-23-17(14)12(3)16(13)22-4/h5-9H,1-4H3,(H,19,20,21)/b10-7+. The van der Waals surface area contributed by atoms with Crippen molar-refractivity contribution in [2.24, 2.45) is 0 Å². The SMILES string of the molecule is COc1c(/C(C)=C/C(=O)Nc2nccs2)cc2c(C)coc2c1C. The van der Waals surface area contributed by atoms with Gasteiger partial charge in [0.15, 0.2) is 5.13 Å². The summed E-state index contributed by atoms with van der Waals surface area (Å²) >= 11 is 1.38. The van der Waals surface area contributed by atoms with Crippen LogP contribution in [0, 0.1) is 13.8 Å². The number of amides is 1. The predicted octanol–water partition coefficient (Wildman–Crippen LogP) is 4.56. The summed E-state index contributed by atoms with van der Waals surface area (Å²) < 4.78 is 11.2. The molecule has 24 heavy (non-hydrogen) atoms. The lowest BCUT2D eigenvalue weighted by atomic mass is 9.98. The van der Waals surface area contributed by atoms with Crippen LogP contribution in [0.1, 0.15) is 23.6 Å². The number of methoxy groups -OCH3 is 1. The lowest BCUT2D eigenvalue weighted by Gasteiger charge is -2.13. The molecule has 124 valence electrons. The van der Waals surface area contributed by atoms with Crippen LogP contribution in [0.5, 0.6) is 5.75 Å². The third kappa shape index (κ3) is 2.92.